The number of methoxy groups -OCH3 is 1. The van der Waals surface area contributed by atoms with Gasteiger partial charge in [-0.05, 0) is 61.7 Å². The van der Waals surface area contributed by atoms with E-state index in [-0.39, 0.29) is 0 Å². The molecule has 0 saturated heterocycles. The second kappa shape index (κ2) is 9.93. The van der Waals surface area contributed by atoms with Crippen molar-refractivity contribution in [1.82, 2.24) is 10.6 Å². The first kappa shape index (κ1) is 18.3. The van der Waals surface area contributed by atoms with Gasteiger partial charge in [0.2, 0.25) is 0 Å². The summed E-state index contributed by atoms with van der Waals surface area (Å²) < 4.78 is 5.16. The van der Waals surface area contributed by atoms with Crippen LogP contribution in [0.5, 0.6) is 5.75 Å². The van der Waals surface area contributed by atoms with E-state index < -0.39 is 0 Å². The van der Waals surface area contributed by atoms with Crippen LogP contribution in [-0.2, 0) is 12.8 Å². The molecule has 2 aromatic carbocycles. The summed E-state index contributed by atoms with van der Waals surface area (Å²) in [4.78, 5) is 0. The van der Waals surface area contributed by atoms with Crippen molar-refractivity contribution in [2.45, 2.75) is 32.2 Å². The number of nitrogens with one attached hydrogen (secondary N) is 2. The van der Waals surface area contributed by atoms with E-state index in [0.29, 0.717) is 6.04 Å². The van der Waals surface area contributed by atoms with Gasteiger partial charge in [0.1, 0.15) is 5.75 Å². The number of thiocarbonyl (C=S) groups is 1. The first-order chi connectivity index (χ1) is 11.7. The van der Waals surface area contributed by atoms with E-state index in [0.717, 1.165) is 36.7 Å². The molecule has 2 rings (SSSR count). The predicted octanol–water partition coefficient (Wildman–Crippen LogP) is 3.72. The molecule has 0 aliphatic carbocycles. The largest absolute Gasteiger partial charge is 0.497 e. The van der Waals surface area contributed by atoms with Gasteiger partial charge in [-0.3, -0.25) is 0 Å². The summed E-state index contributed by atoms with van der Waals surface area (Å²) in [6.07, 6.45) is 3.05. The normalized spacial score (nSPS) is 11.6. The highest BCUT2D eigenvalue weighted by atomic mass is 32.1. The summed E-state index contributed by atoms with van der Waals surface area (Å²) in [7, 11) is 1.68. The predicted molar refractivity (Wildman–Crippen MR) is 105 cm³/mol. The highest BCUT2D eigenvalue weighted by Crippen LogP contribution is 2.11. The van der Waals surface area contributed by atoms with E-state index in [4.69, 9.17) is 17.0 Å². The summed E-state index contributed by atoms with van der Waals surface area (Å²) in [6, 6.07) is 19.0. The average molecular weight is 343 g/mol. The SMILES string of the molecule is COc1ccc(CCNC(=S)NC(C)CCc2ccccc2)cc1. The highest BCUT2D eigenvalue weighted by Gasteiger charge is 2.04. The van der Waals surface area contributed by atoms with E-state index in [1.807, 2.05) is 18.2 Å². The summed E-state index contributed by atoms with van der Waals surface area (Å²) in [5.41, 5.74) is 2.63. The van der Waals surface area contributed by atoms with E-state index >= 15 is 0 Å². The Morgan fingerprint density at radius 2 is 1.67 bits per heavy atom. The standard InChI is InChI=1S/C20H26N2OS/c1-16(8-9-17-6-4-3-5-7-17)22-20(24)21-15-14-18-10-12-19(23-2)13-11-18/h3-7,10-13,16H,8-9,14-15H2,1-2H3,(H2,21,22,24). The molecule has 24 heavy (non-hydrogen) atoms. The molecule has 0 amide bonds. The highest BCUT2D eigenvalue weighted by molar-refractivity contribution is 7.80. The van der Waals surface area contributed by atoms with Crippen LogP contribution in [0.15, 0.2) is 54.6 Å². The zero-order chi connectivity index (χ0) is 17.2. The van der Waals surface area contributed by atoms with Gasteiger partial charge in [0.15, 0.2) is 5.11 Å². The fourth-order valence-corrected chi connectivity index (χ4v) is 2.79. The third-order valence-corrected chi connectivity index (χ3v) is 4.21. The quantitative estimate of drug-likeness (QED) is 0.716. The van der Waals surface area contributed by atoms with Crippen molar-refractivity contribution in [3.63, 3.8) is 0 Å². The second-order valence-corrected chi connectivity index (χ2v) is 6.33. The summed E-state index contributed by atoms with van der Waals surface area (Å²) in [6.45, 7) is 2.99. The molecule has 0 aliphatic rings. The molecule has 0 aliphatic heterocycles. The Balaban J connectivity index is 1.63. The lowest BCUT2D eigenvalue weighted by Crippen LogP contribution is -2.41. The summed E-state index contributed by atoms with van der Waals surface area (Å²) >= 11 is 5.37. The fourth-order valence-electron chi connectivity index (χ4n) is 2.49. The lowest BCUT2D eigenvalue weighted by molar-refractivity contribution is 0.414. The Bertz CT molecular complexity index is 613. The Kier molecular flexibility index (Phi) is 7.56. The van der Waals surface area contributed by atoms with Crippen molar-refractivity contribution in [1.29, 1.82) is 0 Å². The summed E-state index contributed by atoms with van der Waals surface area (Å²) in [5, 5.41) is 7.36. The van der Waals surface area contributed by atoms with Gasteiger partial charge in [-0.15, -0.1) is 0 Å². The van der Waals surface area contributed by atoms with E-state index in [9.17, 15) is 0 Å². The van der Waals surface area contributed by atoms with Crippen LogP contribution in [0, 0.1) is 0 Å². The molecule has 1 unspecified atom stereocenters. The molecule has 0 saturated carbocycles. The number of aryl methyl sites for hydroxylation is 1. The molecule has 0 spiro atoms. The van der Waals surface area contributed by atoms with Gasteiger partial charge >= 0.3 is 0 Å². The molecular weight excluding hydrogens is 316 g/mol. The van der Waals surface area contributed by atoms with Crippen molar-refractivity contribution in [2.75, 3.05) is 13.7 Å². The minimum Gasteiger partial charge on any atom is -0.497 e. The number of hydrogen-bond donors (Lipinski definition) is 2. The fraction of sp³-hybridized carbons (Fsp3) is 0.350. The zero-order valence-electron chi connectivity index (χ0n) is 14.4. The molecule has 2 aromatic rings. The molecule has 4 heteroatoms. The lowest BCUT2D eigenvalue weighted by atomic mass is 10.1. The van der Waals surface area contributed by atoms with Crippen molar-refractivity contribution in [2.24, 2.45) is 0 Å². The minimum atomic E-state index is 0.353. The van der Waals surface area contributed by atoms with Gasteiger partial charge < -0.3 is 15.4 Å². The van der Waals surface area contributed by atoms with Crippen LogP contribution in [0.3, 0.4) is 0 Å². The maximum atomic E-state index is 5.37. The van der Waals surface area contributed by atoms with E-state index in [1.54, 1.807) is 7.11 Å². The molecular formula is C20H26N2OS. The van der Waals surface area contributed by atoms with Gasteiger partial charge in [-0.1, -0.05) is 42.5 Å². The van der Waals surface area contributed by atoms with Gasteiger partial charge in [0.05, 0.1) is 7.11 Å². The lowest BCUT2D eigenvalue weighted by Gasteiger charge is -2.17. The molecule has 3 nitrogen and oxygen atoms in total. The van der Waals surface area contributed by atoms with Crippen LogP contribution in [-0.4, -0.2) is 24.8 Å². The van der Waals surface area contributed by atoms with Crippen molar-refractivity contribution < 1.29 is 4.74 Å². The first-order valence-electron chi connectivity index (χ1n) is 8.38. The monoisotopic (exact) mass is 342 g/mol. The molecule has 0 fully saturated rings. The number of ether oxygens (including phenoxy) is 1. The molecule has 2 N–H and O–H groups in total. The summed E-state index contributed by atoms with van der Waals surface area (Å²) in [5.74, 6) is 0.885. The molecule has 128 valence electrons. The Hall–Kier alpha value is -2.07. The second-order valence-electron chi connectivity index (χ2n) is 5.92. The molecule has 0 aromatic heterocycles. The van der Waals surface area contributed by atoms with E-state index in [2.05, 4.69) is 54.0 Å². The van der Waals surface area contributed by atoms with E-state index in [1.165, 1.54) is 11.1 Å². The molecule has 0 radical (unpaired) electrons. The molecule has 0 heterocycles. The van der Waals surface area contributed by atoms with Gasteiger partial charge in [0, 0.05) is 12.6 Å². The van der Waals surface area contributed by atoms with Crippen LogP contribution >= 0.6 is 12.2 Å². The molecule has 1 atom stereocenters. The maximum Gasteiger partial charge on any atom is 0.166 e. The number of hydrogen-bond acceptors (Lipinski definition) is 2. The number of rotatable bonds is 8. The van der Waals surface area contributed by atoms with Crippen molar-refractivity contribution >= 4 is 17.3 Å². The van der Waals surface area contributed by atoms with Crippen LogP contribution in [0.2, 0.25) is 0 Å². The number of benzene rings is 2. The third kappa shape index (κ3) is 6.59. The van der Waals surface area contributed by atoms with Crippen LogP contribution in [0.4, 0.5) is 0 Å². The third-order valence-electron chi connectivity index (χ3n) is 3.94. The van der Waals surface area contributed by atoms with Gasteiger partial charge in [-0.25, -0.2) is 0 Å². The Labute approximate surface area is 150 Å². The first-order valence-corrected chi connectivity index (χ1v) is 8.79. The molecule has 0 bridgehead atoms. The minimum absolute atomic E-state index is 0.353. The maximum absolute atomic E-state index is 5.37. The van der Waals surface area contributed by atoms with Gasteiger partial charge in [-0.2, -0.15) is 0 Å². The topological polar surface area (TPSA) is 33.3 Å². The Morgan fingerprint density at radius 3 is 2.33 bits per heavy atom. The smallest absolute Gasteiger partial charge is 0.166 e. The zero-order valence-corrected chi connectivity index (χ0v) is 15.2. The van der Waals surface area contributed by atoms with Crippen molar-refractivity contribution in [3.8, 4) is 5.75 Å². The van der Waals surface area contributed by atoms with Gasteiger partial charge in [0.25, 0.3) is 0 Å². The Morgan fingerprint density at radius 1 is 1.00 bits per heavy atom. The average Bonchev–Trinajstić information content (AvgIpc) is 2.61. The van der Waals surface area contributed by atoms with Crippen LogP contribution in [0.1, 0.15) is 24.5 Å². The van der Waals surface area contributed by atoms with Crippen LogP contribution in [0.25, 0.3) is 0 Å². The van der Waals surface area contributed by atoms with Crippen LogP contribution < -0.4 is 15.4 Å². The van der Waals surface area contributed by atoms with Crippen molar-refractivity contribution in [3.05, 3.63) is 65.7 Å².